The minimum absolute atomic E-state index is 0.0645. The van der Waals surface area contributed by atoms with Crippen LogP contribution in [0.25, 0.3) is 0 Å². The van der Waals surface area contributed by atoms with E-state index >= 15 is 0 Å². The van der Waals surface area contributed by atoms with E-state index in [0.29, 0.717) is 17.1 Å². The molecule has 1 N–H and O–H groups in total. The SMILES string of the molecule is COc1ccc(S(=O)(=O)N(CC(=O)Nc2ccc(F)cc2)c2ccc(C)cc2)cc1OC. The highest BCUT2D eigenvalue weighted by Gasteiger charge is 2.28. The first-order valence-electron chi connectivity index (χ1n) is 9.61. The van der Waals surface area contributed by atoms with E-state index in [1.165, 1.54) is 56.7 Å². The summed E-state index contributed by atoms with van der Waals surface area (Å²) >= 11 is 0. The van der Waals surface area contributed by atoms with Crippen LogP contribution in [0.3, 0.4) is 0 Å². The summed E-state index contributed by atoms with van der Waals surface area (Å²) in [5, 5.41) is 2.59. The van der Waals surface area contributed by atoms with Gasteiger partial charge in [-0.1, -0.05) is 17.7 Å². The number of rotatable bonds is 8. The monoisotopic (exact) mass is 458 g/mol. The van der Waals surface area contributed by atoms with Crippen molar-refractivity contribution >= 4 is 27.3 Å². The van der Waals surface area contributed by atoms with Gasteiger partial charge in [-0.25, -0.2) is 12.8 Å². The Balaban J connectivity index is 1.97. The molecule has 3 aromatic rings. The van der Waals surface area contributed by atoms with Crippen molar-refractivity contribution in [2.45, 2.75) is 11.8 Å². The highest BCUT2D eigenvalue weighted by Crippen LogP contribution is 2.32. The fourth-order valence-corrected chi connectivity index (χ4v) is 4.43. The summed E-state index contributed by atoms with van der Waals surface area (Å²) in [5.74, 6) is -0.405. The summed E-state index contributed by atoms with van der Waals surface area (Å²) < 4.78 is 51.6. The molecule has 0 radical (unpaired) electrons. The molecule has 0 aliphatic rings. The maximum absolute atomic E-state index is 13.5. The standard InChI is InChI=1S/C23H23FN2O5S/c1-16-4-10-19(11-5-16)26(15-23(27)25-18-8-6-17(24)7-9-18)32(28,29)20-12-13-21(30-2)22(14-20)31-3/h4-14H,15H2,1-3H3,(H,25,27). The van der Waals surface area contributed by atoms with Gasteiger partial charge in [0.15, 0.2) is 11.5 Å². The van der Waals surface area contributed by atoms with Crippen molar-refractivity contribution < 1.29 is 27.1 Å². The van der Waals surface area contributed by atoms with Crippen molar-refractivity contribution in [3.05, 3.63) is 78.1 Å². The summed E-state index contributed by atoms with van der Waals surface area (Å²) in [4.78, 5) is 12.6. The number of hydrogen-bond donors (Lipinski definition) is 1. The first kappa shape index (κ1) is 23.1. The van der Waals surface area contributed by atoms with Crippen molar-refractivity contribution in [3.63, 3.8) is 0 Å². The molecular weight excluding hydrogens is 435 g/mol. The fraction of sp³-hybridized carbons (Fsp3) is 0.174. The second kappa shape index (κ2) is 9.69. The van der Waals surface area contributed by atoms with Crippen molar-refractivity contribution in [1.82, 2.24) is 0 Å². The number of amides is 1. The largest absolute Gasteiger partial charge is 0.493 e. The Morgan fingerprint density at radius 1 is 0.938 bits per heavy atom. The lowest BCUT2D eigenvalue weighted by atomic mass is 10.2. The number of nitrogens with zero attached hydrogens (tertiary/aromatic N) is 1. The molecule has 0 fully saturated rings. The summed E-state index contributed by atoms with van der Waals surface area (Å²) in [7, 11) is -1.29. The van der Waals surface area contributed by atoms with Crippen LogP contribution in [-0.2, 0) is 14.8 Å². The normalized spacial score (nSPS) is 11.0. The number of carbonyl (C=O) groups is 1. The molecule has 0 saturated heterocycles. The molecule has 0 saturated carbocycles. The lowest BCUT2D eigenvalue weighted by molar-refractivity contribution is -0.114. The average Bonchev–Trinajstić information content (AvgIpc) is 2.79. The minimum atomic E-state index is -4.14. The molecule has 0 aromatic heterocycles. The van der Waals surface area contributed by atoms with E-state index in [1.807, 2.05) is 6.92 Å². The molecule has 32 heavy (non-hydrogen) atoms. The number of nitrogens with one attached hydrogen (secondary N) is 1. The molecule has 0 atom stereocenters. The van der Waals surface area contributed by atoms with Gasteiger partial charge in [-0.05, 0) is 55.5 Å². The number of aryl methyl sites for hydroxylation is 1. The van der Waals surface area contributed by atoms with Gasteiger partial charge in [-0.2, -0.15) is 0 Å². The third-order valence-electron chi connectivity index (χ3n) is 4.68. The van der Waals surface area contributed by atoms with E-state index in [9.17, 15) is 17.6 Å². The van der Waals surface area contributed by atoms with Crippen LogP contribution in [0.15, 0.2) is 71.6 Å². The Morgan fingerprint density at radius 2 is 1.56 bits per heavy atom. The van der Waals surface area contributed by atoms with Gasteiger partial charge in [-0.3, -0.25) is 9.10 Å². The molecule has 0 heterocycles. The zero-order chi connectivity index (χ0) is 23.3. The van der Waals surface area contributed by atoms with Gasteiger partial charge >= 0.3 is 0 Å². The predicted molar refractivity (Wildman–Crippen MR) is 120 cm³/mol. The van der Waals surface area contributed by atoms with Crippen molar-refractivity contribution in [1.29, 1.82) is 0 Å². The van der Waals surface area contributed by atoms with Crippen LogP contribution in [-0.4, -0.2) is 35.1 Å². The summed E-state index contributed by atoms with van der Waals surface area (Å²) in [6.07, 6.45) is 0. The molecular formula is C23H23FN2O5S. The highest BCUT2D eigenvalue weighted by atomic mass is 32.2. The van der Waals surface area contributed by atoms with Gasteiger partial charge in [-0.15, -0.1) is 0 Å². The number of anilines is 2. The summed E-state index contributed by atoms with van der Waals surface area (Å²) in [5.41, 5.74) is 1.61. The minimum Gasteiger partial charge on any atom is -0.493 e. The maximum atomic E-state index is 13.5. The second-order valence-corrected chi connectivity index (χ2v) is 8.78. The van der Waals surface area contributed by atoms with Crippen LogP contribution in [0, 0.1) is 12.7 Å². The molecule has 168 valence electrons. The number of carbonyl (C=O) groups excluding carboxylic acids is 1. The first-order chi connectivity index (χ1) is 15.2. The zero-order valence-electron chi connectivity index (χ0n) is 17.8. The summed E-state index contributed by atoms with van der Waals surface area (Å²) in [6.45, 7) is 1.38. The Morgan fingerprint density at radius 3 is 2.16 bits per heavy atom. The van der Waals surface area contributed by atoms with Crippen LogP contribution >= 0.6 is 0 Å². The van der Waals surface area contributed by atoms with E-state index in [4.69, 9.17) is 9.47 Å². The molecule has 0 aliphatic heterocycles. The molecule has 0 bridgehead atoms. The lowest BCUT2D eigenvalue weighted by Crippen LogP contribution is -2.38. The Bertz CT molecular complexity index is 1200. The number of hydrogen-bond acceptors (Lipinski definition) is 5. The smallest absolute Gasteiger partial charge is 0.264 e. The predicted octanol–water partition coefficient (Wildman–Crippen LogP) is 3.99. The summed E-state index contributed by atoms with van der Waals surface area (Å²) in [6, 6.07) is 16.2. The third-order valence-corrected chi connectivity index (χ3v) is 6.45. The number of methoxy groups -OCH3 is 2. The van der Waals surface area contributed by atoms with Crippen LogP contribution in [0.2, 0.25) is 0 Å². The molecule has 1 amide bonds. The lowest BCUT2D eigenvalue weighted by Gasteiger charge is -2.24. The van der Waals surface area contributed by atoms with Crippen molar-refractivity contribution in [3.8, 4) is 11.5 Å². The zero-order valence-corrected chi connectivity index (χ0v) is 18.6. The molecule has 7 nitrogen and oxygen atoms in total. The molecule has 3 rings (SSSR count). The number of ether oxygens (including phenoxy) is 2. The van der Waals surface area contributed by atoms with Crippen LogP contribution in [0.4, 0.5) is 15.8 Å². The van der Waals surface area contributed by atoms with E-state index < -0.39 is 28.3 Å². The highest BCUT2D eigenvalue weighted by molar-refractivity contribution is 7.92. The second-order valence-electron chi connectivity index (χ2n) is 6.92. The molecule has 9 heteroatoms. The van der Waals surface area contributed by atoms with Gasteiger partial charge in [0, 0.05) is 11.8 Å². The average molecular weight is 459 g/mol. The van der Waals surface area contributed by atoms with Crippen LogP contribution in [0.1, 0.15) is 5.56 Å². The molecule has 0 spiro atoms. The number of halogens is 1. The number of sulfonamides is 1. The Hall–Kier alpha value is -3.59. The van der Waals surface area contributed by atoms with E-state index in [1.54, 1.807) is 24.3 Å². The molecule has 0 aliphatic carbocycles. The van der Waals surface area contributed by atoms with Crippen LogP contribution in [0.5, 0.6) is 11.5 Å². The van der Waals surface area contributed by atoms with Gasteiger partial charge in [0.05, 0.1) is 24.8 Å². The van der Waals surface area contributed by atoms with Crippen molar-refractivity contribution in [2.75, 3.05) is 30.4 Å². The number of benzene rings is 3. The van der Waals surface area contributed by atoms with Gasteiger partial charge in [0.1, 0.15) is 12.4 Å². The first-order valence-corrected chi connectivity index (χ1v) is 11.1. The van der Waals surface area contributed by atoms with E-state index in [2.05, 4.69) is 5.32 Å². The van der Waals surface area contributed by atoms with Crippen molar-refractivity contribution in [2.24, 2.45) is 0 Å². The molecule has 3 aromatic carbocycles. The van der Waals surface area contributed by atoms with Gasteiger partial charge < -0.3 is 14.8 Å². The molecule has 0 unspecified atom stereocenters. The van der Waals surface area contributed by atoms with Crippen LogP contribution < -0.4 is 19.1 Å². The van der Waals surface area contributed by atoms with Gasteiger partial charge in [0.25, 0.3) is 10.0 Å². The third kappa shape index (κ3) is 5.17. The van der Waals surface area contributed by atoms with E-state index in [0.717, 1.165) is 9.87 Å². The van der Waals surface area contributed by atoms with Gasteiger partial charge in [0.2, 0.25) is 5.91 Å². The quantitative estimate of drug-likeness (QED) is 0.552. The van der Waals surface area contributed by atoms with E-state index in [-0.39, 0.29) is 10.6 Å². The fourth-order valence-electron chi connectivity index (χ4n) is 2.99. The Kier molecular flexibility index (Phi) is 6.99. The topological polar surface area (TPSA) is 84.9 Å². The maximum Gasteiger partial charge on any atom is 0.264 e. The Labute approximate surface area is 186 Å².